The first-order valence-electron chi connectivity index (χ1n) is 2.07. The first kappa shape index (κ1) is 10.1. The molecule has 0 amide bonds. The van der Waals surface area contributed by atoms with Crippen LogP contribution in [0.3, 0.4) is 0 Å². The van der Waals surface area contributed by atoms with Crippen LogP contribution in [0.1, 0.15) is 0 Å². The van der Waals surface area contributed by atoms with E-state index < -0.39 is 27.7 Å². The van der Waals surface area contributed by atoms with Gasteiger partial charge in [0, 0.05) is 0 Å². The van der Waals surface area contributed by atoms with Gasteiger partial charge in [0.1, 0.15) is 0 Å². The minimum absolute atomic E-state index is 1.01. The van der Waals surface area contributed by atoms with E-state index in [1.807, 2.05) is 10.6 Å². The molecule has 0 aliphatic rings. The Labute approximate surface area is 66.4 Å². The average Bonchev–Trinajstić information content (AvgIpc) is 1.59. The summed E-state index contributed by atoms with van der Waals surface area (Å²) in [5.41, 5.74) is 0. The zero-order chi connectivity index (χ0) is 8.20. The van der Waals surface area contributed by atoms with Crippen molar-refractivity contribution in [1.82, 2.24) is 0 Å². The Morgan fingerprint density at radius 2 is 2.00 bits per heavy atom. The van der Waals surface area contributed by atoms with Crippen LogP contribution in [0.15, 0.2) is 10.7 Å². The molecule has 1 N–H and O–H groups in total. The predicted molar refractivity (Wildman–Crippen MR) is 33.5 cm³/mol. The first-order chi connectivity index (χ1) is 4.42. The second kappa shape index (κ2) is 4.11. The van der Waals surface area contributed by atoms with Gasteiger partial charge in [-0.05, 0) is 0 Å². The van der Waals surface area contributed by atoms with Crippen LogP contribution >= 0.6 is 0 Å². The van der Waals surface area contributed by atoms with Gasteiger partial charge in [0.05, 0.1) is 0 Å². The number of rotatable bonds is 3. The fraction of sp³-hybridized carbons (Fsp3) is 0.500. The molecule has 0 heterocycles. The molecule has 0 spiro atoms. The van der Waals surface area contributed by atoms with Gasteiger partial charge >= 0.3 is 66.2 Å². The fourth-order valence-electron chi connectivity index (χ4n) is 0.174. The molecule has 6 heteroatoms. The summed E-state index contributed by atoms with van der Waals surface area (Å²) in [6, 6.07) is 0. The van der Waals surface area contributed by atoms with Crippen LogP contribution in [-0.4, -0.2) is 13.0 Å². The molecule has 0 aliphatic carbocycles. The molecule has 0 saturated carbocycles. The van der Waals surface area contributed by atoms with Gasteiger partial charge in [-0.25, -0.2) is 0 Å². The number of hydrogen-bond acceptors (Lipinski definition) is 3. The van der Waals surface area contributed by atoms with Gasteiger partial charge < -0.3 is 0 Å². The van der Waals surface area contributed by atoms with Crippen molar-refractivity contribution >= 4 is 10.4 Å². The number of hydrogen-bond donors (Lipinski definition) is 1. The first-order valence-corrected chi connectivity index (χ1v) is 9.29. The second-order valence-electron chi connectivity index (χ2n) is 1.45. The zero-order valence-corrected chi connectivity index (χ0v) is 8.64. The predicted octanol–water partition coefficient (Wildman–Crippen LogP) is 0.991. The topological polar surface area (TPSA) is 63.6 Å². The van der Waals surface area contributed by atoms with Crippen molar-refractivity contribution in [3.63, 3.8) is 0 Å². The maximum absolute atomic E-state index is 9.91. The van der Waals surface area contributed by atoms with Crippen molar-refractivity contribution in [2.45, 2.75) is 10.6 Å². The van der Waals surface area contributed by atoms with Crippen LogP contribution in [0.2, 0.25) is 10.6 Å². The Balaban J connectivity index is 3.77. The molecule has 0 unspecified atom stereocenters. The molecule has 0 atom stereocenters. The molecule has 65 valence electrons. The fourth-order valence-corrected chi connectivity index (χ4v) is 1.35. The van der Waals surface area contributed by atoms with Crippen LogP contribution in [0.5, 0.6) is 0 Å². The maximum atomic E-state index is 9.91. The van der Waals surface area contributed by atoms with E-state index in [1.54, 1.807) is 4.47 Å². The third kappa shape index (κ3) is 8.14. The molecule has 0 rings (SSSR count). The van der Waals surface area contributed by atoms with E-state index in [4.69, 9.17) is 4.55 Å². The van der Waals surface area contributed by atoms with E-state index in [1.165, 1.54) is 0 Å². The summed E-state index contributed by atoms with van der Waals surface area (Å²) in [4.78, 5) is 0. The standard InChI is InChI=1S/C2H3O4S.2CH3.Pt/c1-2-6-7(3,4)5;;;/h1-2H,(H,3,4,5);2*1H3;. The van der Waals surface area contributed by atoms with E-state index in [0.717, 1.165) is 6.26 Å². The Morgan fingerprint density at radius 3 is 2.30 bits per heavy atom. The van der Waals surface area contributed by atoms with Crippen LogP contribution in [0.25, 0.3) is 0 Å². The van der Waals surface area contributed by atoms with E-state index in [-0.39, 0.29) is 0 Å². The van der Waals surface area contributed by atoms with Gasteiger partial charge in [0.25, 0.3) is 0 Å². The Kier molecular flexibility index (Phi) is 4.16. The molecule has 0 aromatic heterocycles. The van der Waals surface area contributed by atoms with Crippen molar-refractivity contribution in [2.75, 3.05) is 0 Å². The molecule has 0 aliphatic heterocycles. The molecular weight excluding hydrogens is 339 g/mol. The van der Waals surface area contributed by atoms with E-state index in [9.17, 15) is 8.42 Å². The normalized spacial score (nSPS) is 13.7. The quantitative estimate of drug-likeness (QED) is 0.610. The summed E-state index contributed by atoms with van der Waals surface area (Å²) in [5.74, 6) is 0. The van der Waals surface area contributed by atoms with Gasteiger partial charge in [-0.3, -0.25) is 0 Å². The summed E-state index contributed by atoms with van der Waals surface area (Å²) >= 11 is -1.09. The summed E-state index contributed by atoms with van der Waals surface area (Å²) < 4.78 is 33.5. The van der Waals surface area contributed by atoms with Crippen molar-refractivity contribution < 1.29 is 34.5 Å². The van der Waals surface area contributed by atoms with E-state index in [0.29, 0.717) is 0 Å². The minimum atomic E-state index is -4.28. The zero-order valence-electron chi connectivity index (χ0n) is 5.55. The van der Waals surface area contributed by atoms with Crippen molar-refractivity contribution in [3.8, 4) is 0 Å². The molecule has 0 aromatic carbocycles. The molecule has 4 nitrogen and oxygen atoms in total. The van der Waals surface area contributed by atoms with E-state index >= 15 is 0 Å². The van der Waals surface area contributed by atoms with Crippen LogP contribution in [0, 0.1) is 0 Å². The molecular formula is C4H9O4PtS. The van der Waals surface area contributed by atoms with Crippen LogP contribution < -0.4 is 0 Å². The molecule has 0 bridgehead atoms. The SMILES string of the molecule is [CH3][Pt]([CH3])[CH]=COS(=O)(=O)O. The molecule has 0 aromatic rings. The summed E-state index contributed by atoms with van der Waals surface area (Å²) in [7, 11) is -4.28. The Hall–Kier alpha value is 0.138. The third-order valence-electron chi connectivity index (χ3n) is 0.431. The third-order valence-corrected chi connectivity index (χ3v) is 2.61. The average molecular weight is 348 g/mol. The van der Waals surface area contributed by atoms with Gasteiger partial charge in [-0.1, -0.05) is 0 Å². The van der Waals surface area contributed by atoms with Gasteiger partial charge in [0.15, 0.2) is 0 Å². The molecule has 0 radical (unpaired) electrons. The molecule has 0 saturated heterocycles. The van der Waals surface area contributed by atoms with Gasteiger partial charge in [-0.2, -0.15) is 0 Å². The molecule has 10 heavy (non-hydrogen) atoms. The monoisotopic (exact) mass is 348 g/mol. The van der Waals surface area contributed by atoms with Crippen LogP contribution in [-0.2, 0) is 31.9 Å². The van der Waals surface area contributed by atoms with Crippen LogP contribution in [0.4, 0.5) is 0 Å². The van der Waals surface area contributed by atoms with E-state index in [2.05, 4.69) is 4.18 Å². The summed E-state index contributed by atoms with van der Waals surface area (Å²) in [5, 5.41) is 4.02. The Bertz CT molecular complexity index is 205. The van der Waals surface area contributed by atoms with Crippen molar-refractivity contribution in [1.29, 1.82) is 0 Å². The van der Waals surface area contributed by atoms with Crippen molar-refractivity contribution in [3.05, 3.63) is 10.7 Å². The molecule has 0 fully saturated rings. The summed E-state index contributed by atoms with van der Waals surface area (Å²) in [6.07, 6.45) is 1.01. The van der Waals surface area contributed by atoms with Gasteiger partial charge in [0.2, 0.25) is 0 Å². The van der Waals surface area contributed by atoms with Gasteiger partial charge in [-0.15, -0.1) is 0 Å². The second-order valence-corrected chi connectivity index (χ2v) is 8.15. The summed E-state index contributed by atoms with van der Waals surface area (Å²) in [6.45, 7) is 0. The van der Waals surface area contributed by atoms with Crippen molar-refractivity contribution in [2.24, 2.45) is 0 Å². The Morgan fingerprint density at radius 1 is 1.50 bits per heavy atom.